The van der Waals surface area contributed by atoms with Crippen LogP contribution in [-0.4, -0.2) is 15.5 Å². The zero-order valence-electron chi connectivity index (χ0n) is 12.6. The largest absolute Gasteiger partial charge is 0.426 e. The first-order chi connectivity index (χ1) is 10.9. The van der Waals surface area contributed by atoms with E-state index in [0.29, 0.717) is 16.8 Å². The smallest absolute Gasteiger partial charge is 0.312 e. The molecule has 7 nitrogen and oxygen atoms in total. The fourth-order valence-electron chi connectivity index (χ4n) is 2.76. The van der Waals surface area contributed by atoms with Crippen LogP contribution in [0.2, 0.25) is 0 Å². The molecule has 0 saturated carbocycles. The highest BCUT2D eigenvalue weighted by molar-refractivity contribution is 5.77. The molecule has 1 aliphatic rings. The summed E-state index contributed by atoms with van der Waals surface area (Å²) in [4.78, 5) is 34.7. The molecule has 0 spiro atoms. The summed E-state index contributed by atoms with van der Waals surface area (Å²) < 4.78 is 6.70. The molecule has 0 N–H and O–H groups in total. The van der Waals surface area contributed by atoms with Crippen molar-refractivity contribution < 1.29 is 14.5 Å². The summed E-state index contributed by atoms with van der Waals surface area (Å²) in [5.74, 6) is -0.620. The van der Waals surface area contributed by atoms with Crippen LogP contribution < -0.4 is 10.3 Å². The summed E-state index contributed by atoms with van der Waals surface area (Å²) in [5, 5.41) is 10.8. The maximum absolute atomic E-state index is 12.6. The van der Waals surface area contributed by atoms with Gasteiger partial charge in [0.2, 0.25) is 0 Å². The third-order valence-electron chi connectivity index (χ3n) is 4.12. The van der Waals surface area contributed by atoms with Crippen LogP contribution in [0.1, 0.15) is 29.2 Å². The number of non-ortho nitro benzene ring substituents is 1. The Labute approximate surface area is 131 Å². The Morgan fingerprint density at radius 2 is 1.91 bits per heavy atom. The molecule has 1 aliphatic heterocycles. The average Bonchev–Trinajstić information content (AvgIpc) is 2.52. The van der Waals surface area contributed by atoms with Gasteiger partial charge in [-0.15, -0.1) is 0 Å². The fraction of sp³-hybridized carbons (Fsp3) is 0.250. The molecule has 0 radical (unpaired) electrons. The minimum Gasteiger partial charge on any atom is -0.426 e. The minimum atomic E-state index is -0.491. The molecule has 0 unspecified atom stereocenters. The molecular weight excluding hydrogens is 300 g/mol. The summed E-state index contributed by atoms with van der Waals surface area (Å²) in [7, 11) is 1.65. The Morgan fingerprint density at radius 3 is 2.52 bits per heavy atom. The van der Waals surface area contributed by atoms with Gasteiger partial charge in [0, 0.05) is 36.9 Å². The molecule has 0 saturated heterocycles. The Balaban J connectivity index is 2.15. The van der Waals surface area contributed by atoms with E-state index in [1.807, 2.05) is 0 Å². The van der Waals surface area contributed by atoms with Gasteiger partial charge in [0.25, 0.3) is 11.2 Å². The number of rotatable bonds is 2. The van der Waals surface area contributed by atoms with E-state index in [1.54, 1.807) is 32.2 Å². The maximum atomic E-state index is 12.6. The quantitative estimate of drug-likeness (QED) is 0.480. The molecule has 0 aliphatic carbocycles. The highest BCUT2D eigenvalue weighted by Gasteiger charge is 2.32. The number of benzene rings is 1. The van der Waals surface area contributed by atoms with E-state index in [0.717, 1.165) is 0 Å². The molecule has 118 valence electrons. The van der Waals surface area contributed by atoms with Crippen LogP contribution in [0.5, 0.6) is 5.75 Å². The van der Waals surface area contributed by atoms with Crippen molar-refractivity contribution >= 4 is 11.7 Å². The molecule has 0 bridgehead atoms. The third-order valence-corrected chi connectivity index (χ3v) is 4.12. The van der Waals surface area contributed by atoms with Crippen LogP contribution in [0.3, 0.4) is 0 Å². The molecule has 1 aromatic carbocycles. The Morgan fingerprint density at radius 1 is 1.26 bits per heavy atom. The predicted octanol–water partition coefficient (Wildman–Crippen LogP) is 2.04. The van der Waals surface area contributed by atoms with Gasteiger partial charge in [-0.3, -0.25) is 19.7 Å². The molecule has 0 amide bonds. The van der Waals surface area contributed by atoms with Crippen LogP contribution in [-0.2, 0) is 11.8 Å². The molecule has 1 atom stereocenters. The number of aromatic nitrogens is 1. The number of hydrogen-bond acceptors (Lipinski definition) is 5. The van der Waals surface area contributed by atoms with Crippen molar-refractivity contribution in [1.29, 1.82) is 0 Å². The van der Waals surface area contributed by atoms with Crippen molar-refractivity contribution in [2.75, 3.05) is 0 Å². The SMILES string of the molecule is Cc1cc2c(c(=O)n1C)[C@H](c1ccc([N+](=O)[O-])cc1)CC(=O)O2. The average molecular weight is 314 g/mol. The van der Waals surface area contributed by atoms with Gasteiger partial charge in [-0.05, 0) is 12.5 Å². The van der Waals surface area contributed by atoms with Gasteiger partial charge >= 0.3 is 5.97 Å². The topological polar surface area (TPSA) is 91.4 Å². The van der Waals surface area contributed by atoms with E-state index in [9.17, 15) is 19.7 Å². The number of nitro benzene ring substituents is 1. The van der Waals surface area contributed by atoms with E-state index in [2.05, 4.69) is 0 Å². The van der Waals surface area contributed by atoms with E-state index in [1.165, 1.54) is 16.7 Å². The van der Waals surface area contributed by atoms with Gasteiger partial charge < -0.3 is 9.30 Å². The Kier molecular flexibility index (Phi) is 3.48. The third kappa shape index (κ3) is 2.50. The molecule has 23 heavy (non-hydrogen) atoms. The van der Waals surface area contributed by atoms with Crippen LogP contribution in [0.25, 0.3) is 0 Å². The van der Waals surface area contributed by atoms with Crippen LogP contribution in [0.4, 0.5) is 5.69 Å². The zero-order valence-corrected chi connectivity index (χ0v) is 12.6. The summed E-state index contributed by atoms with van der Waals surface area (Å²) in [5.41, 5.74) is 1.51. The first-order valence-electron chi connectivity index (χ1n) is 7.04. The number of hydrogen-bond donors (Lipinski definition) is 0. The summed E-state index contributed by atoms with van der Waals surface area (Å²) in [6.07, 6.45) is 0.0309. The lowest BCUT2D eigenvalue weighted by Gasteiger charge is -2.25. The number of carbonyl (C=O) groups excluding carboxylic acids is 1. The highest BCUT2D eigenvalue weighted by Crippen LogP contribution is 2.37. The van der Waals surface area contributed by atoms with Crippen molar-refractivity contribution in [2.45, 2.75) is 19.3 Å². The van der Waals surface area contributed by atoms with E-state index < -0.39 is 16.8 Å². The number of pyridine rings is 1. The van der Waals surface area contributed by atoms with Gasteiger partial charge in [-0.1, -0.05) is 12.1 Å². The molecule has 1 aromatic heterocycles. The first-order valence-corrected chi connectivity index (χ1v) is 7.04. The van der Waals surface area contributed by atoms with Crippen molar-refractivity contribution in [2.24, 2.45) is 7.05 Å². The number of aryl methyl sites for hydroxylation is 1. The van der Waals surface area contributed by atoms with Gasteiger partial charge in [0.1, 0.15) is 5.75 Å². The number of carbonyl (C=O) groups is 1. The Hall–Kier alpha value is -2.96. The maximum Gasteiger partial charge on any atom is 0.312 e. The number of nitro groups is 1. The van der Waals surface area contributed by atoms with Crippen LogP contribution >= 0.6 is 0 Å². The van der Waals surface area contributed by atoms with Gasteiger partial charge in [0.05, 0.1) is 16.9 Å². The van der Waals surface area contributed by atoms with Crippen molar-refractivity contribution in [3.05, 3.63) is 67.6 Å². The number of ether oxygens (including phenoxy) is 1. The molecule has 3 rings (SSSR count). The van der Waals surface area contributed by atoms with Gasteiger partial charge in [-0.2, -0.15) is 0 Å². The number of esters is 1. The van der Waals surface area contributed by atoms with Gasteiger partial charge in [-0.25, -0.2) is 0 Å². The zero-order chi connectivity index (χ0) is 16.7. The highest BCUT2D eigenvalue weighted by atomic mass is 16.6. The summed E-state index contributed by atoms with van der Waals surface area (Å²) >= 11 is 0. The number of fused-ring (bicyclic) bond motifs is 1. The van der Waals surface area contributed by atoms with Crippen molar-refractivity contribution in [3.8, 4) is 5.75 Å². The van der Waals surface area contributed by atoms with Crippen LogP contribution in [0.15, 0.2) is 35.1 Å². The summed E-state index contributed by atoms with van der Waals surface area (Å²) in [6, 6.07) is 7.54. The molecular formula is C16H14N2O5. The predicted molar refractivity (Wildman–Crippen MR) is 81.6 cm³/mol. The Bertz CT molecular complexity index is 867. The second kappa shape index (κ2) is 5.35. The van der Waals surface area contributed by atoms with E-state index in [-0.39, 0.29) is 23.4 Å². The molecule has 2 heterocycles. The fourth-order valence-corrected chi connectivity index (χ4v) is 2.76. The van der Waals surface area contributed by atoms with E-state index in [4.69, 9.17) is 4.74 Å². The van der Waals surface area contributed by atoms with Crippen molar-refractivity contribution in [3.63, 3.8) is 0 Å². The lowest BCUT2D eigenvalue weighted by molar-refractivity contribution is -0.384. The molecule has 7 heteroatoms. The van der Waals surface area contributed by atoms with Gasteiger partial charge in [0.15, 0.2) is 0 Å². The first kappa shape index (κ1) is 15.0. The number of nitrogens with zero attached hydrogens (tertiary/aromatic N) is 2. The molecule has 2 aromatic rings. The van der Waals surface area contributed by atoms with Crippen LogP contribution in [0, 0.1) is 17.0 Å². The monoisotopic (exact) mass is 314 g/mol. The summed E-state index contributed by atoms with van der Waals surface area (Å²) in [6.45, 7) is 1.75. The standard InChI is InChI=1S/C16H14N2O5/c1-9-7-13-15(16(20)17(9)2)12(8-14(19)23-13)10-3-5-11(6-4-10)18(21)22/h3-7,12H,8H2,1-2H3/t12-/m0/s1. The minimum absolute atomic E-state index is 0.0309. The lowest BCUT2D eigenvalue weighted by atomic mass is 9.87. The molecule has 0 fully saturated rings. The van der Waals surface area contributed by atoms with Crippen molar-refractivity contribution in [1.82, 2.24) is 4.57 Å². The second-order valence-corrected chi connectivity index (χ2v) is 5.51. The second-order valence-electron chi connectivity index (χ2n) is 5.51. The lowest BCUT2D eigenvalue weighted by Crippen LogP contribution is -2.31. The van der Waals surface area contributed by atoms with E-state index >= 15 is 0 Å². The normalized spacial score (nSPS) is 16.6.